The van der Waals surface area contributed by atoms with E-state index in [0.717, 1.165) is 6.20 Å². The summed E-state index contributed by atoms with van der Waals surface area (Å²) in [6.45, 7) is -0.160. The molecule has 0 aromatic carbocycles. The van der Waals surface area contributed by atoms with Crippen molar-refractivity contribution in [3.63, 3.8) is 0 Å². The van der Waals surface area contributed by atoms with Crippen LogP contribution in [0.15, 0.2) is 6.20 Å². The molecule has 0 saturated heterocycles. The Morgan fingerprint density at radius 1 is 1.53 bits per heavy atom. The second kappa shape index (κ2) is 6.37. The summed E-state index contributed by atoms with van der Waals surface area (Å²) in [5.74, 6) is -1.03. The van der Waals surface area contributed by atoms with Gasteiger partial charge in [0, 0.05) is 18.3 Å². The molecule has 0 aliphatic rings. The number of hydrogen-bond donors (Lipinski definition) is 1. The van der Waals surface area contributed by atoms with Crippen molar-refractivity contribution in [2.75, 3.05) is 7.11 Å². The van der Waals surface area contributed by atoms with Crippen LogP contribution in [0.1, 0.15) is 11.3 Å². The van der Waals surface area contributed by atoms with Gasteiger partial charge in [-0.25, -0.2) is 0 Å². The lowest BCUT2D eigenvalue weighted by molar-refractivity contribution is -0.275. The van der Waals surface area contributed by atoms with E-state index in [9.17, 15) is 18.0 Å². The summed E-state index contributed by atoms with van der Waals surface area (Å²) >= 11 is 1.63. The van der Waals surface area contributed by atoms with Gasteiger partial charge < -0.3 is 15.2 Å². The number of esters is 1. The van der Waals surface area contributed by atoms with Crippen LogP contribution in [-0.2, 0) is 22.5 Å². The van der Waals surface area contributed by atoms with Gasteiger partial charge in [0.05, 0.1) is 22.8 Å². The smallest absolute Gasteiger partial charge is 0.469 e. The first-order chi connectivity index (χ1) is 8.78. The second-order valence-corrected chi connectivity index (χ2v) is 4.46. The zero-order valence-corrected chi connectivity index (χ0v) is 11.9. The maximum Gasteiger partial charge on any atom is 0.573 e. The Kier molecular flexibility index (Phi) is 5.35. The highest BCUT2D eigenvalue weighted by Crippen LogP contribution is 2.32. The van der Waals surface area contributed by atoms with Gasteiger partial charge in [-0.2, -0.15) is 0 Å². The molecule has 0 aliphatic carbocycles. The Morgan fingerprint density at radius 2 is 2.16 bits per heavy atom. The number of carbonyl (C=O) groups excluding carboxylic acids is 1. The number of rotatable bonds is 4. The topological polar surface area (TPSA) is 74.4 Å². The molecule has 1 rings (SSSR count). The van der Waals surface area contributed by atoms with Crippen molar-refractivity contribution in [1.82, 2.24) is 4.98 Å². The van der Waals surface area contributed by atoms with Gasteiger partial charge in [-0.3, -0.25) is 9.78 Å². The minimum absolute atomic E-state index is 0.0864. The Balaban J connectivity index is 3.18. The van der Waals surface area contributed by atoms with E-state index in [1.807, 2.05) is 0 Å². The van der Waals surface area contributed by atoms with Crippen LogP contribution < -0.4 is 10.5 Å². The minimum atomic E-state index is -4.84. The van der Waals surface area contributed by atoms with Gasteiger partial charge in [0.15, 0.2) is 5.75 Å². The SMILES string of the molecule is COC(=O)Cc1ncc(CN)c(OC(F)(F)F)c1I. The molecule has 0 bridgehead atoms. The van der Waals surface area contributed by atoms with E-state index < -0.39 is 18.1 Å². The summed E-state index contributed by atoms with van der Waals surface area (Å²) in [6.07, 6.45) is -3.93. The number of pyridine rings is 1. The van der Waals surface area contributed by atoms with Crippen LogP contribution in [0.2, 0.25) is 0 Å². The van der Waals surface area contributed by atoms with Crippen LogP contribution in [0, 0.1) is 3.57 Å². The van der Waals surface area contributed by atoms with E-state index >= 15 is 0 Å². The Morgan fingerprint density at radius 3 is 2.63 bits per heavy atom. The quantitative estimate of drug-likeness (QED) is 0.627. The van der Waals surface area contributed by atoms with E-state index in [2.05, 4.69) is 14.5 Å². The highest BCUT2D eigenvalue weighted by molar-refractivity contribution is 14.1. The lowest BCUT2D eigenvalue weighted by atomic mass is 10.2. The van der Waals surface area contributed by atoms with Crippen molar-refractivity contribution in [1.29, 1.82) is 0 Å². The predicted molar refractivity (Wildman–Crippen MR) is 67.2 cm³/mol. The first kappa shape index (κ1) is 16.0. The number of aromatic nitrogens is 1. The molecule has 0 spiro atoms. The average Bonchev–Trinajstić information content (AvgIpc) is 2.32. The molecule has 106 valence electrons. The first-order valence-corrected chi connectivity index (χ1v) is 6.05. The summed E-state index contributed by atoms with van der Waals surface area (Å²) in [5, 5.41) is 0. The molecule has 0 fully saturated rings. The number of halogens is 4. The van der Waals surface area contributed by atoms with Crippen molar-refractivity contribution in [3.05, 3.63) is 21.0 Å². The van der Waals surface area contributed by atoms with Crippen LogP contribution in [0.5, 0.6) is 5.75 Å². The molecule has 0 saturated carbocycles. The highest BCUT2D eigenvalue weighted by atomic mass is 127. The number of ether oxygens (including phenoxy) is 2. The van der Waals surface area contributed by atoms with Crippen LogP contribution >= 0.6 is 22.6 Å². The summed E-state index contributed by atoms with van der Waals surface area (Å²) < 4.78 is 45.4. The largest absolute Gasteiger partial charge is 0.573 e. The van der Waals surface area contributed by atoms with Crippen molar-refractivity contribution in [2.45, 2.75) is 19.3 Å². The zero-order valence-electron chi connectivity index (χ0n) is 9.75. The van der Waals surface area contributed by atoms with Gasteiger partial charge in [-0.1, -0.05) is 0 Å². The van der Waals surface area contributed by atoms with Gasteiger partial charge in [0.2, 0.25) is 0 Å². The van der Waals surface area contributed by atoms with Crippen molar-refractivity contribution < 1.29 is 27.4 Å². The highest BCUT2D eigenvalue weighted by Gasteiger charge is 2.33. The number of nitrogens with zero attached hydrogens (tertiary/aromatic N) is 1. The maximum atomic E-state index is 12.3. The van der Waals surface area contributed by atoms with E-state index in [-0.39, 0.29) is 27.8 Å². The molecule has 5 nitrogen and oxygen atoms in total. The lowest BCUT2D eigenvalue weighted by Gasteiger charge is -2.15. The number of hydrogen-bond acceptors (Lipinski definition) is 5. The van der Waals surface area contributed by atoms with E-state index in [1.54, 1.807) is 22.6 Å². The van der Waals surface area contributed by atoms with Crippen LogP contribution in [-0.4, -0.2) is 24.4 Å². The fourth-order valence-electron chi connectivity index (χ4n) is 1.25. The molecular weight excluding hydrogens is 380 g/mol. The van der Waals surface area contributed by atoms with E-state index in [1.165, 1.54) is 7.11 Å². The molecule has 0 unspecified atom stereocenters. The summed E-state index contributed by atoms with van der Waals surface area (Å²) in [6, 6.07) is 0. The number of carbonyl (C=O) groups is 1. The van der Waals surface area contributed by atoms with Crippen molar-refractivity contribution >= 4 is 28.6 Å². The molecule has 1 heterocycles. The molecule has 0 atom stereocenters. The van der Waals surface area contributed by atoms with Gasteiger partial charge in [-0.15, -0.1) is 13.2 Å². The molecule has 1 aromatic rings. The molecule has 0 amide bonds. The van der Waals surface area contributed by atoms with Gasteiger partial charge in [0.25, 0.3) is 0 Å². The summed E-state index contributed by atoms with van der Waals surface area (Å²) in [7, 11) is 1.18. The summed E-state index contributed by atoms with van der Waals surface area (Å²) in [4.78, 5) is 15.0. The van der Waals surface area contributed by atoms with E-state index in [4.69, 9.17) is 5.73 Å². The number of nitrogens with two attached hydrogens (primary N) is 1. The third kappa shape index (κ3) is 4.49. The van der Waals surface area contributed by atoms with E-state index in [0.29, 0.717) is 0 Å². The van der Waals surface area contributed by atoms with Crippen LogP contribution in [0.25, 0.3) is 0 Å². The minimum Gasteiger partial charge on any atom is -0.469 e. The van der Waals surface area contributed by atoms with Crippen LogP contribution in [0.4, 0.5) is 13.2 Å². The fourth-order valence-corrected chi connectivity index (χ4v) is 2.03. The Labute approximate surface area is 120 Å². The van der Waals surface area contributed by atoms with Crippen molar-refractivity contribution in [3.8, 4) is 5.75 Å². The van der Waals surface area contributed by atoms with Gasteiger partial charge in [-0.05, 0) is 22.6 Å². The second-order valence-electron chi connectivity index (χ2n) is 3.38. The first-order valence-electron chi connectivity index (χ1n) is 4.97. The maximum absolute atomic E-state index is 12.3. The molecular formula is C10H10F3IN2O3. The lowest BCUT2D eigenvalue weighted by Crippen LogP contribution is -2.21. The molecule has 2 N–H and O–H groups in total. The molecule has 19 heavy (non-hydrogen) atoms. The standard InChI is InChI=1S/C10H10F3IN2O3/c1-18-7(17)2-6-8(14)9(19-10(11,12)13)5(3-15)4-16-6/h4H,2-3,15H2,1H3. The molecule has 9 heteroatoms. The molecule has 1 aromatic heterocycles. The average molecular weight is 390 g/mol. The third-order valence-electron chi connectivity index (χ3n) is 2.10. The van der Waals surface area contributed by atoms with Crippen molar-refractivity contribution in [2.24, 2.45) is 5.73 Å². The monoisotopic (exact) mass is 390 g/mol. The van der Waals surface area contributed by atoms with Crippen LogP contribution in [0.3, 0.4) is 0 Å². The molecule has 0 aliphatic heterocycles. The predicted octanol–water partition coefficient (Wildman–Crippen LogP) is 1.76. The number of alkyl halides is 3. The van der Waals surface area contributed by atoms with Gasteiger partial charge in [0.1, 0.15) is 0 Å². The Bertz CT molecular complexity index is 480. The summed E-state index contributed by atoms with van der Waals surface area (Å²) in [5.41, 5.74) is 5.58. The fraction of sp³-hybridized carbons (Fsp3) is 0.400. The molecule has 0 radical (unpaired) electrons. The number of methoxy groups -OCH3 is 1. The normalized spacial score (nSPS) is 11.3. The van der Waals surface area contributed by atoms with Gasteiger partial charge >= 0.3 is 12.3 Å². The zero-order chi connectivity index (χ0) is 14.6. The third-order valence-corrected chi connectivity index (χ3v) is 3.21. The Hall–Kier alpha value is -1.10.